The maximum atomic E-state index is 12.3. The molecular formula is C28H27N5O4. The number of amides is 2. The minimum Gasteiger partial charge on any atom is -0.490 e. The molecule has 0 aliphatic carbocycles. The number of ether oxygens (including phenoxy) is 2. The van der Waals surface area contributed by atoms with Gasteiger partial charge in [0.25, 0.3) is 11.8 Å². The summed E-state index contributed by atoms with van der Waals surface area (Å²) >= 11 is 0. The number of carbonyl (C=O) groups excluding carboxylic acids is 2. The van der Waals surface area contributed by atoms with Crippen LogP contribution in [-0.2, 0) is 17.8 Å². The van der Waals surface area contributed by atoms with Gasteiger partial charge in [-0.1, -0.05) is 30.3 Å². The van der Waals surface area contributed by atoms with E-state index in [4.69, 9.17) is 14.5 Å². The van der Waals surface area contributed by atoms with Crippen LogP contribution in [0.1, 0.15) is 28.5 Å². The van der Waals surface area contributed by atoms with Crippen molar-refractivity contribution in [1.82, 2.24) is 25.6 Å². The van der Waals surface area contributed by atoms with E-state index in [9.17, 15) is 9.59 Å². The highest BCUT2D eigenvalue weighted by Gasteiger charge is 2.21. The van der Waals surface area contributed by atoms with Gasteiger partial charge in [0.1, 0.15) is 0 Å². The highest BCUT2D eigenvalue weighted by molar-refractivity contribution is 5.97. The Morgan fingerprint density at radius 1 is 1.05 bits per heavy atom. The lowest BCUT2D eigenvalue weighted by Crippen LogP contribution is -2.31. The maximum Gasteiger partial charge on any atom is 0.258 e. The molecule has 0 saturated heterocycles. The van der Waals surface area contributed by atoms with E-state index in [1.54, 1.807) is 24.4 Å². The maximum absolute atomic E-state index is 12.3. The Labute approximate surface area is 214 Å². The van der Waals surface area contributed by atoms with E-state index in [0.717, 1.165) is 28.9 Å². The quantitative estimate of drug-likeness (QED) is 0.326. The number of aromatic nitrogens is 3. The zero-order valence-electron chi connectivity index (χ0n) is 20.4. The average Bonchev–Trinajstić information content (AvgIpc) is 3.38. The summed E-state index contributed by atoms with van der Waals surface area (Å²) < 4.78 is 11.5. The topological polar surface area (TPSA) is 118 Å². The Morgan fingerprint density at radius 2 is 1.92 bits per heavy atom. The lowest BCUT2D eigenvalue weighted by atomic mass is 10.1. The molecule has 3 heterocycles. The predicted molar refractivity (Wildman–Crippen MR) is 138 cm³/mol. The number of hydrogen-bond donors (Lipinski definition) is 3. The van der Waals surface area contributed by atoms with E-state index >= 15 is 0 Å². The summed E-state index contributed by atoms with van der Waals surface area (Å²) in [6.07, 6.45) is 2.43. The minimum atomic E-state index is -0.228. The Balaban J connectivity index is 1.30. The smallest absolute Gasteiger partial charge is 0.258 e. The molecule has 0 atom stereocenters. The van der Waals surface area contributed by atoms with Crippen molar-refractivity contribution in [1.29, 1.82) is 0 Å². The molecule has 0 unspecified atom stereocenters. The number of benzene rings is 2. The fourth-order valence-corrected chi connectivity index (χ4v) is 4.10. The van der Waals surface area contributed by atoms with E-state index in [1.807, 2.05) is 49.4 Å². The van der Waals surface area contributed by atoms with Crippen molar-refractivity contribution in [2.75, 3.05) is 19.8 Å². The highest BCUT2D eigenvalue weighted by Crippen LogP contribution is 2.32. The van der Waals surface area contributed by atoms with Gasteiger partial charge in [0.05, 0.1) is 23.6 Å². The first-order valence-electron chi connectivity index (χ1n) is 12.1. The molecule has 5 rings (SSSR count). The lowest BCUT2D eigenvalue weighted by Gasteiger charge is -2.13. The minimum absolute atomic E-state index is 0.0799. The zero-order valence-corrected chi connectivity index (χ0v) is 20.4. The van der Waals surface area contributed by atoms with Crippen molar-refractivity contribution in [2.24, 2.45) is 0 Å². The monoisotopic (exact) mass is 497 g/mol. The largest absolute Gasteiger partial charge is 0.490 e. The Bertz CT molecular complexity index is 1420. The third-order valence-electron chi connectivity index (χ3n) is 5.93. The summed E-state index contributed by atoms with van der Waals surface area (Å²) in [5.41, 5.74) is 4.75. The van der Waals surface area contributed by atoms with E-state index < -0.39 is 0 Å². The van der Waals surface area contributed by atoms with Crippen LogP contribution in [-0.4, -0.2) is 46.5 Å². The second-order valence-corrected chi connectivity index (χ2v) is 8.49. The first kappa shape index (κ1) is 24.1. The number of H-pyrrole nitrogens is 1. The molecule has 9 nitrogen and oxygen atoms in total. The summed E-state index contributed by atoms with van der Waals surface area (Å²) in [4.78, 5) is 36.9. The molecule has 0 bridgehead atoms. The molecule has 37 heavy (non-hydrogen) atoms. The first-order chi connectivity index (χ1) is 18.1. The van der Waals surface area contributed by atoms with Gasteiger partial charge in [0, 0.05) is 37.0 Å². The fraction of sp³-hybridized carbons (Fsp3) is 0.214. The van der Waals surface area contributed by atoms with Crippen molar-refractivity contribution >= 4 is 11.8 Å². The number of rotatable bonds is 9. The second-order valence-electron chi connectivity index (χ2n) is 8.49. The highest BCUT2D eigenvalue weighted by atomic mass is 16.5. The molecular weight excluding hydrogens is 470 g/mol. The van der Waals surface area contributed by atoms with Crippen LogP contribution >= 0.6 is 0 Å². The molecule has 9 heteroatoms. The number of nitrogens with one attached hydrogen (secondary N) is 3. The predicted octanol–water partition coefficient (Wildman–Crippen LogP) is 3.52. The van der Waals surface area contributed by atoms with Gasteiger partial charge in [0.2, 0.25) is 0 Å². The van der Waals surface area contributed by atoms with Crippen LogP contribution < -0.4 is 20.1 Å². The molecule has 2 aromatic carbocycles. The third kappa shape index (κ3) is 5.61. The number of aromatic amines is 1. The van der Waals surface area contributed by atoms with Gasteiger partial charge in [-0.2, -0.15) is 0 Å². The average molecular weight is 498 g/mol. The first-order valence-corrected chi connectivity index (χ1v) is 12.1. The molecule has 0 fully saturated rings. The summed E-state index contributed by atoms with van der Waals surface area (Å²) in [5, 5.41) is 5.70. The molecule has 1 aliphatic heterocycles. The van der Waals surface area contributed by atoms with Crippen LogP contribution in [0, 0.1) is 0 Å². The van der Waals surface area contributed by atoms with Gasteiger partial charge in [-0.05, 0) is 42.8 Å². The summed E-state index contributed by atoms with van der Waals surface area (Å²) in [5.74, 6) is 1.15. The van der Waals surface area contributed by atoms with Crippen LogP contribution in [0.25, 0.3) is 22.8 Å². The van der Waals surface area contributed by atoms with Gasteiger partial charge in [-0.15, -0.1) is 0 Å². The lowest BCUT2D eigenvalue weighted by molar-refractivity contribution is -0.123. The number of nitrogens with zero attached hydrogens (tertiary/aromatic N) is 2. The van der Waals surface area contributed by atoms with Crippen molar-refractivity contribution in [3.8, 4) is 34.3 Å². The molecule has 2 amide bonds. The van der Waals surface area contributed by atoms with Gasteiger partial charge >= 0.3 is 0 Å². The van der Waals surface area contributed by atoms with Crippen LogP contribution in [0.5, 0.6) is 11.5 Å². The van der Waals surface area contributed by atoms with Gasteiger partial charge in [-0.25, -0.2) is 9.97 Å². The van der Waals surface area contributed by atoms with Crippen molar-refractivity contribution in [3.05, 3.63) is 83.7 Å². The Hall–Kier alpha value is -4.66. The summed E-state index contributed by atoms with van der Waals surface area (Å²) in [6.45, 7) is 3.22. The van der Waals surface area contributed by atoms with E-state index in [2.05, 4.69) is 20.6 Å². The second kappa shape index (κ2) is 10.9. The van der Waals surface area contributed by atoms with Crippen molar-refractivity contribution in [3.63, 3.8) is 0 Å². The van der Waals surface area contributed by atoms with Gasteiger partial charge in [0.15, 0.2) is 23.9 Å². The molecule has 0 radical (unpaired) electrons. The molecule has 2 aromatic heterocycles. The van der Waals surface area contributed by atoms with Gasteiger partial charge in [-0.3, -0.25) is 9.59 Å². The van der Waals surface area contributed by atoms with Gasteiger partial charge < -0.3 is 25.1 Å². The Kier molecular flexibility index (Phi) is 7.12. The summed E-state index contributed by atoms with van der Waals surface area (Å²) in [6, 6.07) is 18.7. The SMILES string of the molecule is CCOc1cc(-c2nccc(-c3cc4c([nH]3)CCNC4=O)n2)ccc1OCC(=O)NCc1ccccc1. The normalized spacial score (nSPS) is 12.4. The van der Waals surface area contributed by atoms with Crippen LogP contribution in [0.15, 0.2) is 66.9 Å². The molecule has 1 aliphatic rings. The fourth-order valence-electron chi connectivity index (χ4n) is 4.10. The zero-order chi connectivity index (χ0) is 25.6. The molecule has 188 valence electrons. The van der Waals surface area contributed by atoms with Crippen molar-refractivity contribution in [2.45, 2.75) is 19.9 Å². The van der Waals surface area contributed by atoms with Crippen LogP contribution in [0.3, 0.4) is 0 Å². The standard InChI is InChI=1S/C28H27N5O4/c1-2-36-25-14-19(8-9-24(25)37-17-26(34)31-16-18-6-4-3-5-7-18)27-29-12-11-22(33-27)23-15-20-21(32-23)10-13-30-28(20)35/h3-9,11-12,14-15,32H,2,10,13,16-17H2,1H3,(H,30,35)(H,31,34). The third-order valence-corrected chi connectivity index (χ3v) is 5.93. The van der Waals surface area contributed by atoms with Crippen molar-refractivity contribution < 1.29 is 19.1 Å². The van der Waals surface area contributed by atoms with E-state index in [1.165, 1.54) is 0 Å². The van der Waals surface area contributed by atoms with E-state index in [-0.39, 0.29) is 18.4 Å². The number of fused-ring (bicyclic) bond motifs is 1. The molecule has 0 spiro atoms. The van der Waals surface area contributed by atoms with Crippen LogP contribution in [0.2, 0.25) is 0 Å². The number of hydrogen-bond acceptors (Lipinski definition) is 6. The summed E-state index contributed by atoms with van der Waals surface area (Å²) in [7, 11) is 0. The van der Waals surface area contributed by atoms with E-state index in [0.29, 0.717) is 48.3 Å². The molecule has 0 saturated carbocycles. The molecule has 3 N–H and O–H groups in total. The number of carbonyl (C=O) groups is 2. The molecule has 4 aromatic rings. The van der Waals surface area contributed by atoms with Crippen LogP contribution in [0.4, 0.5) is 0 Å². The Morgan fingerprint density at radius 3 is 2.73 bits per heavy atom.